The van der Waals surface area contributed by atoms with Crippen LogP contribution in [0.4, 0.5) is 0 Å². The van der Waals surface area contributed by atoms with Crippen LogP contribution in [-0.2, 0) is 4.79 Å². The second kappa shape index (κ2) is 6.05. The molecule has 3 nitrogen and oxygen atoms in total. The Morgan fingerprint density at radius 1 is 1.33 bits per heavy atom. The minimum Gasteiger partial charge on any atom is -0.342 e. The quantitative estimate of drug-likeness (QED) is 0.838. The molecule has 2 N–H and O–H groups in total. The van der Waals surface area contributed by atoms with Crippen molar-refractivity contribution in [2.45, 2.75) is 58.4 Å². The molecule has 2 fully saturated rings. The standard InChI is InChI=1S/C15H28N2O/c1-11(2)8-12-6-7-17(10-12)15(18)13-4-3-5-14(16)9-13/h11-14H,3-10,16H2,1-2H3. The molecule has 1 saturated heterocycles. The smallest absolute Gasteiger partial charge is 0.225 e. The molecule has 2 aliphatic rings. The first-order chi connectivity index (χ1) is 8.56. The molecule has 1 amide bonds. The van der Waals surface area contributed by atoms with Crippen LogP contribution in [0.25, 0.3) is 0 Å². The van der Waals surface area contributed by atoms with Gasteiger partial charge in [0.15, 0.2) is 0 Å². The zero-order valence-corrected chi connectivity index (χ0v) is 11.9. The minimum absolute atomic E-state index is 0.214. The summed E-state index contributed by atoms with van der Waals surface area (Å²) in [6.45, 7) is 6.50. The van der Waals surface area contributed by atoms with Crippen LogP contribution in [0.1, 0.15) is 52.4 Å². The molecule has 0 spiro atoms. The summed E-state index contributed by atoms with van der Waals surface area (Å²) < 4.78 is 0. The lowest BCUT2D eigenvalue weighted by Gasteiger charge is -2.29. The molecule has 104 valence electrons. The lowest BCUT2D eigenvalue weighted by atomic mass is 9.85. The zero-order valence-electron chi connectivity index (χ0n) is 11.9. The average Bonchev–Trinajstić information content (AvgIpc) is 2.75. The molecule has 0 aromatic carbocycles. The number of hydrogen-bond donors (Lipinski definition) is 1. The Labute approximate surface area is 111 Å². The molecule has 1 aliphatic carbocycles. The van der Waals surface area contributed by atoms with Gasteiger partial charge in [0.05, 0.1) is 0 Å². The van der Waals surface area contributed by atoms with E-state index < -0.39 is 0 Å². The molecule has 1 heterocycles. The van der Waals surface area contributed by atoms with Crippen LogP contribution in [0, 0.1) is 17.8 Å². The largest absolute Gasteiger partial charge is 0.342 e. The maximum Gasteiger partial charge on any atom is 0.225 e. The van der Waals surface area contributed by atoms with Crippen molar-refractivity contribution in [2.75, 3.05) is 13.1 Å². The molecule has 18 heavy (non-hydrogen) atoms. The van der Waals surface area contributed by atoms with Crippen molar-refractivity contribution in [1.29, 1.82) is 0 Å². The second-order valence-electron chi connectivity index (χ2n) is 6.69. The van der Waals surface area contributed by atoms with Crippen molar-refractivity contribution in [3.05, 3.63) is 0 Å². The average molecular weight is 252 g/mol. The van der Waals surface area contributed by atoms with Crippen molar-refractivity contribution in [2.24, 2.45) is 23.5 Å². The van der Waals surface area contributed by atoms with Crippen LogP contribution in [-0.4, -0.2) is 29.9 Å². The molecule has 3 heteroatoms. The molecular formula is C15H28N2O. The molecule has 0 bridgehead atoms. The molecule has 0 radical (unpaired) electrons. The maximum absolute atomic E-state index is 12.4. The normalized spacial score (nSPS) is 33.1. The van der Waals surface area contributed by atoms with Crippen LogP contribution >= 0.6 is 0 Å². The molecule has 3 atom stereocenters. The fraction of sp³-hybridized carbons (Fsp3) is 0.933. The first-order valence-electron chi connectivity index (χ1n) is 7.60. The topological polar surface area (TPSA) is 46.3 Å². The van der Waals surface area contributed by atoms with E-state index in [-0.39, 0.29) is 12.0 Å². The summed E-state index contributed by atoms with van der Waals surface area (Å²) >= 11 is 0. The number of nitrogens with two attached hydrogens (primary N) is 1. The third kappa shape index (κ3) is 3.47. The number of amides is 1. The SMILES string of the molecule is CC(C)CC1CCN(C(=O)C2CCCC(N)C2)C1. The molecule has 0 aromatic heterocycles. The van der Waals surface area contributed by atoms with Crippen LogP contribution in [0.15, 0.2) is 0 Å². The third-order valence-electron chi connectivity index (χ3n) is 4.47. The third-order valence-corrected chi connectivity index (χ3v) is 4.47. The van der Waals surface area contributed by atoms with Crippen LogP contribution in [0.3, 0.4) is 0 Å². The number of rotatable bonds is 3. The highest BCUT2D eigenvalue weighted by Crippen LogP contribution is 2.29. The van der Waals surface area contributed by atoms with Crippen LogP contribution in [0.5, 0.6) is 0 Å². The summed E-state index contributed by atoms with van der Waals surface area (Å²) in [4.78, 5) is 14.6. The zero-order chi connectivity index (χ0) is 13.1. The Balaban J connectivity index is 1.83. The summed E-state index contributed by atoms with van der Waals surface area (Å²) in [5, 5.41) is 0. The van der Waals surface area contributed by atoms with Crippen molar-refractivity contribution >= 4 is 5.91 Å². The molecular weight excluding hydrogens is 224 g/mol. The number of carbonyl (C=O) groups is 1. The minimum atomic E-state index is 0.214. The lowest BCUT2D eigenvalue weighted by Crippen LogP contribution is -2.39. The van der Waals surface area contributed by atoms with Gasteiger partial charge < -0.3 is 10.6 Å². The number of likely N-dealkylation sites (tertiary alicyclic amines) is 1. The van der Waals surface area contributed by atoms with Gasteiger partial charge in [-0.05, 0) is 43.9 Å². The predicted octanol–water partition coefficient (Wildman–Crippen LogP) is 2.40. The summed E-state index contributed by atoms with van der Waals surface area (Å²) in [5.74, 6) is 2.07. The van der Waals surface area contributed by atoms with E-state index >= 15 is 0 Å². The van der Waals surface area contributed by atoms with E-state index in [1.165, 1.54) is 12.8 Å². The molecule has 1 aliphatic heterocycles. The van der Waals surface area contributed by atoms with E-state index in [9.17, 15) is 4.79 Å². The van der Waals surface area contributed by atoms with Crippen molar-refractivity contribution in [1.82, 2.24) is 4.90 Å². The van der Waals surface area contributed by atoms with Gasteiger partial charge in [0, 0.05) is 25.0 Å². The van der Waals surface area contributed by atoms with Gasteiger partial charge in [-0.25, -0.2) is 0 Å². The first-order valence-corrected chi connectivity index (χ1v) is 7.60. The molecule has 2 rings (SSSR count). The van der Waals surface area contributed by atoms with E-state index in [1.54, 1.807) is 0 Å². The summed E-state index contributed by atoms with van der Waals surface area (Å²) in [5.41, 5.74) is 5.98. The summed E-state index contributed by atoms with van der Waals surface area (Å²) in [6, 6.07) is 0.252. The van der Waals surface area contributed by atoms with Crippen molar-refractivity contribution in [3.63, 3.8) is 0 Å². The van der Waals surface area contributed by atoms with E-state index in [2.05, 4.69) is 18.7 Å². The van der Waals surface area contributed by atoms with Gasteiger partial charge in [-0.2, -0.15) is 0 Å². The van der Waals surface area contributed by atoms with Crippen LogP contribution < -0.4 is 5.73 Å². The Hall–Kier alpha value is -0.570. The van der Waals surface area contributed by atoms with Crippen LogP contribution in [0.2, 0.25) is 0 Å². The van der Waals surface area contributed by atoms with Gasteiger partial charge in [-0.1, -0.05) is 20.3 Å². The van der Waals surface area contributed by atoms with E-state index in [0.29, 0.717) is 5.91 Å². The Morgan fingerprint density at radius 2 is 2.11 bits per heavy atom. The second-order valence-corrected chi connectivity index (χ2v) is 6.69. The highest BCUT2D eigenvalue weighted by Gasteiger charge is 2.33. The Bertz CT molecular complexity index is 290. The van der Waals surface area contributed by atoms with Gasteiger partial charge in [0.1, 0.15) is 0 Å². The molecule has 1 saturated carbocycles. The summed E-state index contributed by atoms with van der Waals surface area (Å²) in [6.07, 6.45) is 6.64. The Morgan fingerprint density at radius 3 is 2.78 bits per heavy atom. The van der Waals surface area contributed by atoms with Gasteiger partial charge in [0.2, 0.25) is 5.91 Å². The monoisotopic (exact) mass is 252 g/mol. The molecule has 3 unspecified atom stereocenters. The van der Waals surface area contributed by atoms with Gasteiger partial charge >= 0.3 is 0 Å². The maximum atomic E-state index is 12.4. The lowest BCUT2D eigenvalue weighted by molar-refractivity contribution is -0.135. The Kier molecular flexibility index (Phi) is 4.66. The molecule has 0 aromatic rings. The number of nitrogens with zero attached hydrogens (tertiary/aromatic N) is 1. The fourth-order valence-electron chi connectivity index (χ4n) is 3.60. The van der Waals surface area contributed by atoms with Crippen molar-refractivity contribution in [3.8, 4) is 0 Å². The van der Waals surface area contributed by atoms with E-state index in [0.717, 1.165) is 50.6 Å². The van der Waals surface area contributed by atoms with Gasteiger partial charge in [0.25, 0.3) is 0 Å². The first kappa shape index (κ1) is 13.9. The van der Waals surface area contributed by atoms with Gasteiger partial charge in [-0.3, -0.25) is 4.79 Å². The van der Waals surface area contributed by atoms with E-state index in [4.69, 9.17) is 5.73 Å². The fourth-order valence-corrected chi connectivity index (χ4v) is 3.60. The number of carbonyl (C=O) groups excluding carboxylic acids is 1. The summed E-state index contributed by atoms with van der Waals surface area (Å²) in [7, 11) is 0. The highest BCUT2D eigenvalue weighted by molar-refractivity contribution is 5.79. The highest BCUT2D eigenvalue weighted by atomic mass is 16.2. The predicted molar refractivity (Wildman–Crippen MR) is 74.1 cm³/mol. The van der Waals surface area contributed by atoms with Crippen molar-refractivity contribution < 1.29 is 4.79 Å². The van der Waals surface area contributed by atoms with E-state index in [1.807, 2.05) is 0 Å². The van der Waals surface area contributed by atoms with Gasteiger partial charge in [-0.15, -0.1) is 0 Å². The number of hydrogen-bond acceptors (Lipinski definition) is 2.